The number of nitrogens with zero attached hydrogens (tertiary/aromatic N) is 2. The first-order chi connectivity index (χ1) is 11.5. The third-order valence-corrected chi connectivity index (χ3v) is 3.75. The molecular weight excluding hydrogens is 306 g/mol. The van der Waals surface area contributed by atoms with Crippen molar-refractivity contribution in [2.75, 3.05) is 20.6 Å². The fraction of sp³-hybridized carbons (Fsp3) is 0.333. The lowest BCUT2D eigenvalue weighted by atomic mass is 10.1. The molecule has 128 valence electrons. The summed E-state index contributed by atoms with van der Waals surface area (Å²) in [5.74, 6) is 0.438. The first kappa shape index (κ1) is 17.7. The predicted molar refractivity (Wildman–Crippen MR) is 91.5 cm³/mol. The zero-order valence-corrected chi connectivity index (χ0v) is 14.3. The van der Waals surface area contributed by atoms with Gasteiger partial charge in [0, 0.05) is 32.7 Å². The fourth-order valence-corrected chi connectivity index (χ4v) is 2.34. The maximum Gasteiger partial charge on any atom is 0.257 e. The van der Waals surface area contributed by atoms with Crippen molar-refractivity contribution in [2.24, 2.45) is 5.73 Å². The number of carbonyl (C=O) groups excluding carboxylic acids is 2. The molecular formula is C18H23N3O3. The van der Waals surface area contributed by atoms with Crippen molar-refractivity contribution in [3.8, 4) is 0 Å². The molecule has 1 aromatic carbocycles. The minimum absolute atomic E-state index is 0.0438. The maximum absolute atomic E-state index is 12.5. The van der Waals surface area contributed by atoms with E-state index in [4.69, 9.17) is 10.2 Å². The van der Waals surface area contributed by atoms with Crippen LogP contribution in [-0.2, 0) is 13.1 Å². The topological polar surface area (TPSA) is 79.8 Å². The lowest BCUT2D eigenvalue weighted by Gasteiger charge is -2.20. The molecule has 0 saturated carbocycles. The van der Waals surface area contributed by atoms with Gasteiger partial charge in [-0.15, -0.1) is 0 Å². The molecule has 0 saturated heterocycles. The average Bonchev–Trinajstić information content (AvgIpc) is 3.08. The zero-order valence-electron chi connectivity index (χ0n) is 14.3. The second kappa shape index (κ2) is 7.79. The first-order valence-electron chi connectivity index (χ1n) is 7.83. The zero-order chi connectivity index (χ0) is 17.7. The van der Waals surface area contributed by atoms with Gasteiger partial charge in [-0.3, -0.25) is 9.59 Å². The van der Waals surface area contributed by atoms with Gasteiger partial charge >= 0.3 is 0 Å². The summed E-state index contributed by atoms with van der Waals surface area (Å²) in [4.78, 5) is 27.7. The highest BCUT2D eigenvalue weighted by Gasteiger charge is 2.17. The molecule has 2 aromatic rings. The molecule has 24 heavy (non-hydrogen) atoms. The lowest BCUT2D eigenvalue weighted by molar-refractivity contribution is 0.0750. The summed E-state index contributed by atoms with van der Waals surface area (Å²) in [5, 5.41) is 0. The number of rotatable bonds is 6. The Balaban J connectivity index is 2.09. The van der Waals surface area contributed by atoms with Crippen molar-refractivity contribution in [1.82, 2.24) is 9.80 Å². The maximum atomic E-state index is 12.5. The fourth-order valence-electron chi connectivity index (χ4n) is 2.34. The van der Waals surface area contributed by atoms with Gasteiger partial charge in [0.15, 0.2) is 0 Å². The van der Waals surface area contributed by atoms with Crippen LogP contribution in [0.2, 0.25) is 0 Å². The Morgan fingerprint density at radius 1 is 1.08 bits per heavy atom. The second-order valence-electron chi connectivity index (χ2n) is 5.72. The summed E-state index contributed by atoms with van der Waals surface area (Å²) < 4.78 is 5.23. The molecule has 0 unspecified atom stereocenters. The Kier molecular flexibility index (Phi) is 5.76. The number of benzene rings is 1. The third-order valence-electron chi connectivity index (χ3n) is 3.75. The highest BCUT2D eigenvalue weighted by atomic mass is 16.3. The summed E-state index contributed by atoms with van der Waals surface area (Å²) in [6.07, 6.45) is 1.44. The molecule has 0 aliphatic heterocycles. The molecule has 0 aliphatic carbocycles. The molecule has 2 N–H and O–H groups in total. The van der Waals surface area contributed by atoms with Crippen LogP contribution in [0.5, 0.6) is 0 Å². The molecule has 6 heteroatoms. The van der Waals surface area contributed by atoms with Crippen LogP contribution in [-0.4, -0.2) is 42.3 Å². The molecule has 0 bridgehead atoms. The van der Waals surface area contributed by atoms with Gasteiger partial charge in [-0.05, 0) is 30.7 Å². The van der Waals surface area contributed by atoms with Gasteiger partial charge in [0.05, 0.1) is 12.1 Å². The van der Waals surface area contributed by atoms with Crippen LogP contribution in [0.15, 0.2) is 41.0 Å². The molecule has 0 atom stereocenters. The number of hydrogen-bond acceptors (Lipinski definition) is 4. The minimum Gasteiger partial charge on any atom is -0.467 e. The van der Waals surface area contributed by atoms with E-state index in [1.165, 1.54) is 11.2 Å². The predicted octanol–water partition coefficient (Wildman–Crippen LogP) is 2.10. The van der Waals surface area contributed by atoms with Crippen molar-refractivity contribution < 1.29 is 14.0 Å². The van der Waals surface area contributed by atoms with E-state index in [0.717, 1.165) is 5.56 Å². The molecule has 2 rings (SSSR count). The molecule has 1 heterocycles. The summed E-state index contributed by atoms with van der Waals surface area (Å²) in [6, 6.07) is 8.96. The van der Waals surface area contributed by atoms with E-state index in [0.29, 0.717) is 30.0 Å². The molecule has 6 nitrogen and oxygen atoms in total. The number of furan rings is 1. The molecule has 0 radical (unpaired) electrons. The van der Waals surface area contributed by atoms with E-state index >= 15 is 0 Å². The highest BCUT2D eigenvalue weighted by molar-refractivity contribution is 5.94. The van der Waals surface area contributed by atoms with Crippen molar-refractivity contribution in [1.29, 1.82) is 0 Å². The van der Waals surface area contributed by atoms with Crippen LogP contribution in [0.25, 0.3) is 0 Å². The highest BCUT2D eigenvalue weighted by Crippen LogP contribution is 2.14. The van der Waals surface area contributed by atoms with Gasteiger partial charge in [-0.2, -0.15) is 0 Å². The Morgan fingerprint density at radius 2 is 1.75 bits per heavy atom. The lowest BCUT2D eigenvalue weighted by Crippen LogP contribution is -2.30. The standard InChI is InChI=1S/C18H23N3O3/c1-4-21(18(23)15-9-16(10-19)24-12-15)11-13-5-7-14(8-6-13)17(22)20(2)3/h5-9,12H,4,10-11,19H2,1-3H3. The first-order valence-corrected chi connectivity index (χ1v) is 7.83. The number of hydrogen-bond donors (Lipinski definition) is 1. The van der Waals surface area contributed by atoms with Gasteiger partial charge in [-0.25, -0.2) is 0 Å². The van der Waals surface area contributed by atoms with E-state index in [2.05, 4.69) is 0 Å². The van der Waals surface area contributed by atoms with E-state index in [-0.39, 0.29) is 18.4 Å². The van der Waals surface area contributed by atoms with E-state index in [9.17, 15) is 9.59 Å². The van der Waals surface area contributed by atoms with E-state index in [1.807, 2.05) is 19.1 Å². The van der Waals surface area contributed by atoms with Gasteiger partial charge in [0.25, 0.3) is 11.8 Å². The van der Waals surface area contributed by atoms with Crippen LogP contribution in [0.3, 0.4) is 0 Å². The van der Waals surface area contributed by atoms with Crippen LogP contribution < -0.4 is 5.73 Å². The van der Waals surface area contributed by atoms with Gasteiger partial charge < -0.3 is 20.0 Å². The van der Waals surface area contributed by atoms with Gasteiger partial charge in [0.2, 0.25) is 0 Å². The Bertz CT molecular complexity index is 705. The van der Waals surface area contributed by atoms with Crippen LogP contribution >= 0.6 is 0 Å². The van der Waals surface area contributed by atoms with Crippen LogP contribution in [0.1, 0.15) is 39.0 Å². The molecule has 0 fully saturated rings. The van der Waals surface area contributed by atoms with E-state index < -0.39 is 0 Å². The summed E-state index contributed by atoms with van der Waals surface area (Å²) >= 11 is 0. The Labute approximate surface area is 141 Å². The molecule has 1 aromatic heterocycles. The minimum atomic E-state index is -0.102. The normalized spacial score (nSPS) is 10.5. The second-order valence-corrected chi connectivity index (χ2v) is 5.72. The number of amides is 2. The van der Waals surface area contributed by atoms with Gasteiger partial charge in [-0.1, -0.05) is 12.1 Å². The molecule has 2 amide bonds. The quantitative estimate of drug-likeness (QED) is 0.880. The third kappa shape index (κ3) is 4.02. The van der Waals surface area contributed by atoms with Crippen molar-refractivity contribution >= 4 is 11.8 Å². The molecule has 0 spiro atoms. The van der Waals surface area contributed by atoms with Gasteiger partial charge in [0.1, 0.15) is 12.0 Å². The average molecular weight is 329 g/mol. The monoisotopic (exact) mass is 329 g/mol. The smallest absolute Gasteiger partial charge is 0.257 e. The van der Waals surface area contributed by atoms with Crippen molar-refractivity contribution in [3.63, 3.8) is 0 Å². The van der Waals surface area contributed by atoms with E-state index in [1.54, 1.807) is 37.2 Å². The number of nitrogens with two attached hydrogens (primary N) is 1. The van der Waals surface area contributed by atoms with Crippen LogP contribution in [0, 0.1) is 0 Å². The van der Waals surface area contributed by atoms with Crippen LogP contribution in [0.4, 0.5) is 0 Å². The Hall–Kier alpha value is -2.60. The largest absolute Gasteiger partial charge is 0.467 e. The van der Waals surface area contributed by atoms with Crippen molar-refractivity contribution in [3.05, 3.63) is 59.0 Å². The SMILES string of the molecule is CCN(Cc1ccc(C(=O)N(C)C)cc1)C(=O)c1coc(CN)c1. The molecule has 0 aliphatic rings. The Morgan fingerprint density at radius 3 is 2.25 bits per heavy atom. The van der Waals surface area contributed by atoms with Crippen molar-refractivity contribution in [2.45, 2.75) is 20.0 Å². The summed E-state index contributed by atoms with van der Waals surface area (Å²) in [6.45, 7) is 3.22. The summed E-state index contributed by atoms with van der Waals surface area (Å²) in [5.41, 5.74) is 7.59. The summed E-state index contributed by atoms with van der Waals surface area (Å²) in [7, 11) is 3.43. The number of carbonyl (C=O) groups is 2.